The Bertz CT molecular complexity index is 638. The summed E-state index contributed by atoms with van der Waals surface area (Å²) in [5.74, 6) is 1.52. The van der Waals surface area contributed by atoms with Gasteiger partial charge in [-0.3, -0.25) is 0 Å². The van der Waals surface area contributed by atoms with Gasteiger partial charge in [-0.2, -0.15) is 11.8 Å². The second-order valence-electron chi connectivity index (χ2n) is 8.75. The lowest BCUT2D eigenvalue weighted by molar-refractivity contribution is 0.291. The highest BCUT2D eigenvalue weighted by Gasteiger charge is 2.32. The minimum Gasteiger partial charge on any atom is -0.203 e. The lowest BCUT2D eigenvalue weighted by Crippen LogP contribution is -2.28. The zero-order valence-corrected chi connectivity index (χ0v) is 18.4. The number of allylic oxidation sites excluding steroid dienone is 2. The van der Waals surface area contributed by atoms with Crippen molar-refractivity contribution in [1.82, 2.24) is 0 Å². The molecule has 0 radical (unpaired) electrons. The first-order valence-corrected chi connectivity index (χ1v) is 12.4. The lowest BCUT2D eigenvalue weighted by atomic mass is 9.78. The molecule has 3 rings (SSSR count). The first-order valence-electron chi connectivity index (χ1n) is 11.3. The highest BCUT2D eigenvalue weighted by Crippen LogP contribution is 2.44. The molecule has 2 fully saturated rings. The maximum atomic E-state index is 14.7. The largest absolute Gasteiger partial charge is 0.203 e. The molecule has 156 valence electrons. The molecule has 28 heavy (non-hydrogen) atoms. The van der Waals surface area contributed by atoms with Gasteiger partial charge >= 0.3 is 0 Å². The molecule has 1 saturated heterocycles. The molecule has 0 aromatic heterocycles. The number of hydrogen-bond acceptors (Lipinski definition) is 1. The van der Waals surface area contributed by atoms with Crippen LogP contribution in [0, 0.1) is 23.5 Å². The quantitative estimate of drug-likeness (QED) is 0.326. The van der Waals surface area contributed by atoms with Gasteiger partial charge < -0.3 is 0 Å². The summed E-state index contributed by atoms with van der Waals surface area (Å²) in [6, 6.07) is 3.70. The molecule has 2 atom stereocenters. The topological polar surface area (TPSA) is 0 Å². The Kier molecular flexibility index (Phi) is 8.44. The van der Waals surface area contributed by atoms with Crippen molar-refractivity contribution in [2.24, 2.45) is 11.8 Å². The van der Waals surface area contributed by atoms with Crippen molar-refractivity contribution in [1.29, 1.82) is 0 Å². The number of thioether (sulfide) groups is 1. The van der Waals surface area contributed by atoms with Crippen LogP contribution in [0.5, 0.6) is 0 Å². The second kappa shape index (κ2) is 10.8. The van der Waals surface area contributed by atoms with E-state index in [0.29, 0.717) is 22.8 Å². The van der Waals surface area contributed by atoms with Crippen LogP contribution in [0.25, 0.3) is 0 Å². The Morgan fingerprint density at radius 2 is 1.79 bits per heavy atom. The van der Waals surface area contributed by atoms with Gasteiger partial charge in [-0.25, -0.2) is 8.78 Å². The second-order valence-corrected chi connectivity index (χ2v) is 10.0. The third-order valence-electron chi connectivity index (χ3n) is 6.80. The van der Waals surface area contributed by atoms with Crippen LogP contribution in [0.2, 0.25) is 0 Å². The summed E-state index contributed by atoms with van der Waals surface area (Å²) < 4.78 is 29.3. The Morgan fingerprint density at radius 1 is 1.00 bits per heavy atom. The Morgan fingerprint density at radius 3 is 2.43 bits per heavy atom. The number of unbranched alkanes of at least 4 members (excludes halogenated alkanes) is 2. The molecule has 3 heteroatoms. The maximum absolute atomic E-state index is 14.7. The van der Waals surface area contributed by atoms with Crippen molar-refractivity contribution >= 4 is 11.8 Å². The van der Waals surface area contributed by atoms with Crippen molar-refractivity contribution < 1.29 is 8.78 Å². The van der Waals surface area contributed by atoms with E-state index in [1.165, 1.54) is 25.7 Å². The molecule has 0 spiro atoms. The normalized spacial score (nSPS) is 28.7. The van der Waals surface area contributed by atoms with Crippen molar-refractivity contribution in [2.75, 3.05) is 5.75 Å². The molecule has 0 bridgehead atoms. The number of hydrogen-bond donors (Lipinski definition) is 0. The monoisotopic (exact) mass is 406 g/mol. The first kappa shape index (κ1) is 21.9. The summed E-state index contributed by atoms with van der Waals surface area (Å²) in [6.45, 7) is 4.24. The number of halogens is 2. The number of aryl methyl sites for hydroxylation is 1. The molecule has 1 aromatic carbocycles. The Labute approximate surface area is 174 Å². The summed E-state index contributed by atoms with van der Waals surface area (Å²) in [4.78, 5) is 0. The standard InChI is InChI=1S/C25H36F2S/c1-3-5-6-8-20-13-15-22(25(27)24(20)26)21-14-16-23(28-17-21)19-11-9-18(7-4-2)10-12-19/h4,7,13,15,18-19,21,23H,3,5-6,8-12,14,16-17H2,1-2H3/b7-4+/t18?,19?,21-,23?/m1/s1. The van der Waals surface area contributed by atoms with E-state index in [1.54, 1.807) is 0 Å². The number of benzene rings is 1. The van der Waals surface area contributed by atoms with E-state index in [4.69, 9.17) is 0 Å². The van der Waals surface area contributed by atoms with Gasteiger partial charge in [0.1, 0.15) is 0 Å². The predicted molar refractivity (Wildman–Crippen MR) is 118 cm³/mol. The zero-order chi connectivity index (χ0) is 19.9. The van der Waals surface area contributed by atoms with E-state index in [0.717, 1.165) is 49.7 Å². The molecule has 1 heterocycles. The summed E-state index contributed by atoms with van der Waals surface area (Å²) >= 11 is 2.02. The minimum absolute atomic E-state index is 0.166. The average molecular weight is 407 g/mol. The van der Waals surface area contributed by atoms with Gasteiger partial charge in [0.25, 0.3) is 0 Å². The maximum Gasteiger partial charge on any atom is 0.162 e. The molecule has 0 amide bonds. The lowest BCUT2D eigenvalue weighted by Gasteiger charge is -2.37. The zero-order valence-electron chi connectivity index (χ0n) is 17.6. The fraction of sp³-hybridized carbons (Fsp3) is 0.680. The molecule has 1 aliphatic heterocycles. The van der Waals surface area contributed by atoms with Crippen LogP contribution in [0.4, 0.5) is 8.78 Å². The SMILES string of the molecule is C/C=C/C1CCC(C2CC[C@@H](c3ccc(CCCCC)c(F)c3F)CS2)CC1. The summed E-state index contributed by atoms with van der Waals surface area (Å²) in [7, 11) is 0. The molecule has 0 nitrogen and oxygen atoms in total. The van der Waals surface area contributed by atoms with Crippen LogP contribution in [0.15, 0.2) is 24.3 Å². The fourth-order valence-electron chi connectivity index (χ4n) is 5.05. The van der Waals surface area contributed by atoms with Gasteiger partial charge in [-0.15, -0.1) is 0 Å². The van der Waals surface area contributed by atoms with Gasteiger partial charge in [-0.05, 0) is 87.2 Å². The van der Waals surface area contributed by atoms with Crippen molar-refractivity contribution in [2.45, 2.75) is 89.2 Å². The van der Waals surface area contributed by atoms with Gasteiger partial charge in [0.15, 0.2) is 11.6 Å². The van der Waals surface area contributed by atoms with E-state index in [1.807, 2.05) is 23.9 Å². The molecule has 1 unspecified atom stereocenters. The van der Waals surface area contributed by atoms with E-state index in [2.05, 4.69) is 26.0 Å². The predicted octanol–water partition coefficient (Wildman–Crippen LogP) is 8.06. The average Bonchev–Trinajstić information content (AvgIpc) is 2.72. The van der Waals surface area contributed by atoms with Gasteiger partial charge in [-0.1, -0.05) is 44.1 Å². The third kappa shape index (κ3) is 5.40. The van der Waals surface area contributed by atoms with E-state index >= 15 is 0 Å². The van der Waals surface area contributed by atoms with Crippen molar-refractivity contribution in [3.63, 3.8) is 0 Å². The van der Waals surface area contributed by atoms with Crippen LogP contribution >= 0.6 is 11.8 Å². The fourth-order valence-corrected chi connectivity index (χ4v) is 6.72. The Hall–Kier alpha value is -0.830. The Balaban J connectivity index is 1.54. The molecule has 1 saturated carbocycles. The summed E-state index contributed by atoms with van der Waals surface area (Å²) in [5.41, 5.74) is 1.16. The third-order valence-corrected chi connectivity index (χ3v) is 8.44. The van der Waals surface area contributed by atoms with Crippen LogP contribution in [0.1, 0.15) is 88.7 Å². The van der Waals surface area contributed by atoms with Crippen LogP contribution < -0.4 is 0 Å². The van der Waals surface area contributed by atoms with Gasteiger partial charge in [0, 0.05) is 11.0 Å². The first-order chi connectivity index (χ1) is 13.6. The highest BCUT2D eigenvalue weighted by molar-refractivity contribution is 8.00. The van der Waals surface area contributed by atoms with Crippen molar-refractivity contribution in [3.05, 3.63) is 47.0 Å². The van der Waals surface area contributed by atoms with E-state index < -0.39 is 11.6 Å². The molecular formula is C25H36F2S. The smallest absolute Gasteiger partial charge is 0.162 e. The molecule has 1 aliphatic carbocycles. The number of rotatable bonds is 7. The van der Waals surface area contributed by atoms with Crippen LogP contribution in [-0.2, 0) is 6.42 Å². The van der Waals surface area contributed by atoms with Gasteiger partial charge in [0.2, 0.25) is 0 Å². The van der Waals surface area contributed by atoms with Crippen LogP contribution in [-0.4, -0.2) is 11.0 Å². The van der Waals surface area contributed by atoms with Gasteiger partial charge in [0.05, 0.1) is 0 Å². The van der Waals surface area contributed by atoms with E-state index in [-0.39, 0.29) is 5.92 Å². The van der Waals surface area contributed by atoms with Crippen molar-refractivity contribution in [3.8, 4) is 0 Å². The molecule has 2 aliphatic rings. The van der Waals surface area contributed by atoms with E-state index in [9.17, 15) is 8.78 Å². The summed E-state index contributed by atoms with van der Waals surface area (Å²) in [6.07, 6.45) is 15.7. The molecular weight excluding hydrogens is 370 g/mol. The minimum atomic E-state index is -0.594. The summed E-state index contributed by atoms with van der Waals surface area (Å²) in [5, 5.41) is 0.712. The molecule has 1 aromatic rings. The molecule has 0 N–H and O–H groups in total. The highest BCUT2D eigenvalue weighted by atomic mass is 32.2. The van der Waals surface area contributed by atoms with Crippen LogP contribution in [0.3, 0.4) is 0 Å².